The second-order valence-electron chi connectivity index (χ2n) is 2.14. The van der Waals surface area contributed by atoms with Crippen LogP contribution in [-0.2, 0) is 0 Å². The zero-order valence-corrected chi connectivity index (χ0v) is 5.72. The fraction of sp³-hybridized carbons (Fsp3) is 0.200. The van der Waals surface area contributed by atoms with E-state index in [1.165, 1.54) is 0 Å². The second kappa shape index (κ2) is 2.95. The Hall–Kier alpha value is -1.40. The molecule has 0 amide bonds. The predicted octanol–water partition coefficient (Wildman–Crippen LogP) is 1.90. The maximum atomic E-state index is 5.23. The van der Waals surface area contributed by atoms with Crippen LogP contribution in [0.1, 0.15) is 12.8 Å². The van der Waals surface area contributed by atoms with Crippen molar-refractivity contribution in [2.24, 2.45) is 0 Å². The Labute approximate surface area is 61.6 Å². The monoisotopic (exact) mass is 128 g/mol. The summed E-state index contributed by atoms with van der Waals surface area (Å²) in [6, 6.07) is 0. The molecule has 0 fully saturated rings. The van der Waals surface area contributed by atoms with Gasteiger partial charge in [-0.3, -0.25) is 0 Å². The van der Waals surface area contributed by atoms with Crippen molar-refractivity contribution in [1.29, 1.82) is 0 Å². The van der Waals surface area contributed by atoms with E-state index in [9.17, 15) is 0 Å². The Morgan fingerprint density at radius 3 is 2.90 bits per heavy atom. The van der Waals surface area contributed by atoms with Gasteiger partial charge >= 0.3 is 0 Å². The van der Waals surface area contributed by atoms with Crippen molar-refractivity contribution in [3.8, 4) is 24.7 Å². The molecule has 0 saturated carbocycles. The van der Waals surface area contributed by atoms with Gasteiger partial charge in [-0.2, -0.15) is 0 Å². The van der Waals surface area contributed by atoms with Gasteiger partial charge in [0.1, 0.15) is 0 Å². The van der Waals surface area contributed by atoms with Gasteiger partial charge in [0, 0.05) is 5.57 Å². The smallest absolute Gasteiger partial charge is 0.0241 e. The number of rotatable bonds is 0. The van der Waals surface area contributed by atoms with E-state index in [1.807, 2.05) is 6.08 Å². The van der Waals surface area contributed by atoms with Gasteiger partial charge in [-0.25, -0.2) is 0 Å². The molecule has 0 aliphatic heterocycles. The summed E-state index contributed by atoms with van der Waals surface area (Å²) < 4.78 is 0. The molecular formula is C10H8. The normalized spacial score (nSPS) is 19.8. The van der Waals surface area contributed by atoms with Gasteiger partial charge in [-0.05, 0) is 24.5 Å². The molecule has 0 nitrogen and oxygen atoms in total. The molecule has 0 aromatic heterocycles. The van der Waals surface area contributed by atoms with E-state index in [4.69, 9.17) is 12.8 Å². The van der Waals surface area contributed by atoms with Crippen molar-refractivity contribution in [2.45, 2.75) is 12.8 Å². The van der Waals surface area contributed by atoms with Crippen molar-refractivity contribution >= 4 is 0 Å². The van der Waals surface area contributed by atoms with Crippen molar-refractivity contribution < 1.29 is 0 Å². The zero-order chi connectivity index (χ0) is 7.40. The largest absolute Gasteiger partial charge is 0.115 e. The summed E-state index contributed by atoms with van der Waals surface area (Å²) >= 11 is 0. The molecule has 0 N–H and O–H groups in total. The van der Waals surface area contributed by atoms with E-state index >= 15 is 0 Å². The van der Waals surface area contributed by atoms with Gasteiger partial charge < -0.3 is 0 Å². The van der Waals surface area contributed by atoms with E-state index < -0.39 is 0 Å². The summed E-state index contributed by atoms with van der Waals surface area (Å²) in [6.45, 7) is 0. The van der Waals surface area contributed by atoms with Crippen LogP contribution < -0.4 is 0 Å². The summed E-state index contributed by atoms with van der Waals surface area (Å²) in [5, 5.41) is 0. The molecule has 1 aliphatic rings. The lowest BCUT2D eigenvalue weighted by Gasteiger charge is -1.91. The minimum atomic E-state index is 0.970. The standard InChI is InChI=1S/C10H8/c1-3-6-10-8-5-7-9(10)4-2/h1-2,6-7H,5,8H2. The average Bonchev–Trinajstić information content (AvgIpc) is 2.36. The number of hydrogen-bond acceptors (Lipinski definition) is 0. The Balaban J connectivity index is 2.87. The van der Waals surface area contributed by atoms with E-state index in [-0.39, 0.29) is 0 Å². The van der Waals surface area contributed by atoms with E-state index in [0.29, 0.717) is 0 Å². The van der Waals surface area contributed by atoms with Gasteiger partial charge in [0.15, 0.2) is 0 Å². The SMILES string of the molecule is C#CC=C1CCC=C1C#C. The maximum absolute atomic E-state index is 5.23. The second-order valence-corrected chi connectivity index (χ2v) is 2.14. The Kier molecular flexibility index (Phi) is 1.98. The molecule has 0 aromatic rings. The first kappa shape index (κ1) is 6.72. The van der Waals surface area contributed by atoms with Crippen LogP contribution in [0.2, 0.25) is 0 Å². The lowest BCUT2D eigenvalue weighted by atomic mass is 10.1. The predicted molar refractivity (Wildman–Crippen MR) is 43.1 cm³/mol. The minimum Gasteiger partial charge on any atom is -0.115 e. The van der Waals surface area contributed by atoms with Gasteiger partial charge in [0.05, 0.1) is 0 Å². The van der Waals surface area contributed by atoms with Crippen LogP contribution in [0.15, 0.2) is 23.3 Å². The molecular weight excluding hydrogens is 120 g/mol. The fourth-order valence-electron chi connectivity index (χ4n) is 1.04. The Morgan fingerprint density at radius 2 is 2.30 bits per heavy atom. The third-order valence-electron chi connectivity index (χ3n) is 1.52. The van der Waals surface area contributed by atoms with E-state index in [1.54, 1.807) is 6.08 Å². The van der Waals surface area contributed by atoms with Gasteiger partial charge in [0.25, 0.3) is 0 Å². The van der Waals surface area contributed by atoms with Crippen LogP contribution in [0, 0.1) is 24.7 Å². The molecule has 0 unspecified atom stereocenters. The minimum absolute atomic E-state index is 0.970. The lowest BCUT2D eigenvalue weighted by Crippen LogP contribution is -1.77. The third-order valence-corrected chi connectivity index (χ3v) is 1.52. The molecule has 0 aromatic carbocycles. The topological polar surface area (TPSA) is 0 Å². The Bertz CT molecular complexity index is 263. The summed E-state index contributed by atoms with van der Waals surface area (Å²) in [5.41, 5.74) is 2.10. The average molecular weight is 128 g/mol. The van der Waals surface area contributed by atoms with Gasteiger partial charge in [-0.15, -0.1) is 12.8 Å². The zero-order valence-electron chi connectivity index (χ0n) is 5.72. The number of allylic oxidation sites excluding steroid dienone is 4. The molecule has 0 bridgehead atoms. The maximum Gasteiger partial charge on any atom is 0.0241 e. The van der Waals surface area contributed by atoms with Crippen LogP contribution in [0.4, 0.5) is 0 Å². The lowest BCUT2D eigenvalue weighted by molar-refractivity contribution is 1.06. The van der Waals surface area contributed by atoms with Crippen LogP contribution >= 0.6 is 0 Å². The molecule has 0 saturated heterocycles. The number of terminal acetylenes is 2. The molecule has 1 rings (SSSR count). The van der Waals surface area contributed by atoms with Gasteiger partial charge in [-0.1, -0.05) is 17.9 Å². The van der Waals surface area contributed by atoms with Crippen molar-refractivity contribution in [2.75, 3.05) is 0 Å². The highest BCUT2D eigenvalue weighted by Gasteiger charge is 2.06. The molecule has 48 valence electrons. The fourth-order valence-corrected chi connectivity index (χ4v) is 1.04. The highest BCUT2D eigenvalue weighted by molar-refractivity contribution is 5.49. The summed E-state index contributed by atoms with van der Waals surface area (Å²) in [5.74, 6) is 5.07. The van der Waals surface area contributed by atoms with Gasteiger partial charge in [0.2, 0.25) is 0 Å². The first-order chi connectivity index (χ1) is 4.88. The highest BCUT2D eigenvalue weighted by Crippen LogP contribution is 2.23. The summed E-state index contributed by atoms with van der Waals surface area (Å²) in [7, 11) is 0. The quantitative estimate of drug-likeness (QED) is 0.437. The van der Waals surface area contributed by atoms with E-state index in [0.717, 1.165) is 24.0 Å². The highest BCUT2D eigenvalue weighted by atomic mass is 14.1. The van der Waals surface area contributed by atoms with Crippen LogP contribution in [0.3, 0.4) is 0 Å². The summed E-state index contributed by atoms with van der Waals surface area (Å²) in [6.07, 6.45) is 16.2. The molecule has 10 heavy (non-hydrogen) atoms. The Morgan fingerprint density at radius 1 is 1.50 bits per heavy atom. The van der Waals surface area contributed by atoms with Crippen molar-refractivity contribution in [3.63, 3.8) is 0 Å². The number of hydrogen-bond donors (Lipinski definition) is 0. The first-order valence-corrected chi connectivity index (χ1v) is 3.21. The molecule has 1 aliphatic carbocycles. The van der Waals surface area contributed by atoms with Crippen molar-refractivity contribution in [1.82, 2.24) is 0 Å². The molecule has 0 atom stereocenters. The van der Waals surface area contributed by atoms with Crippen LogP contribution in [-0.4, -0.2) is 0 Å². The summed E-state index contributed by atoms with van der Waals surface area (Å²) in [4.78, 5) is 0. The molecule has 0 heteroatoms. The molecule has 0 spiro atoms. The first-order valence-electron chi connectivity index (χ1n) is 3.21. The molecule has 0 radical (unpaired) electrons. The third kappa shape index (κ3) is 1.12. The van der Waals surface area contributed by atoms with Crippen molar-refractivity contribution in [3.05, 3.63) is 23.3 Å². The van der Waals surface area contributed by atoms with Crippen LogP contribution in [0.25, 0.3) is 0 Å². The van der Waals surface area contributed by atoms with Crippen LogP contribution in [0.5, 0.6) is 0 Å². The van der Waals surface area contributed by atoms with E-state index in [2.05, 4.69) is 11.8 Å². The molecule has 0 heterocycles.